The van der Waals surface area contributed by atoms with Crippen molar-refractivity contribution in [1.29, 1.82) is 0 Å². The van der Waals surface area contributed by atoms with E-state index in [1.807, 2.05) is 12.2 Å². The Hall–Kier alpha value is -0.680. The van der Waals surface area contributed by atoms with E-state index < -0.39 is 17.3 Å². The number of rotatable bonds is 0. The van der Waals surface area contributed by atoms with E-state index in [0.29, 0.717) is 12.3 Å². The molecule has 0 aliphatic heterocycles. The standard InChI is InChI=1S/2C9H14O2/c10-8-5-4-7-3-1-2-6-9(7,8)11;10-8-4-6-9(11)5-2-1-3-7(8)9/h2*1-2,7-8,10-11H,3-6H2/t7-,8+,9-;7-,8+,9+/m10/s1. The summed E-state index contributed by atoms with van der Waals surface area (Å²) >= 11 is 0. The van der Waals surface area contributed by atoms with Crippen molar-refractivity contribution in [3.05, 3.63) is 24.3 Å². The first-order chi connectivity index (χ1) is 10.5. The van der Waals surface area contributed by atoms with Crippen molar-refractivity contribution in [3.8, 4) is 0 Å². The molecule has 0 bridgehead atoms. The quantitative estimate of drug-likeness (QED) is 0.513. The molecular weight excluding hydrogens is 280 g/mol. The first-order valence-corrected chi connectivity index (χ1v) is 8.56. The van der Waals surface area contributed by atoms with Crippen LogP contribution in [-0.4, -0.2) is 43.8 Å². The number of aliphatic hydroxyl groups is 4. The Morgan fingerprint density at radius 3 is 2.27 bits per heavy atom. The molecule has 4 aliphatic carbocycles. The molecule has 2 saturated carbocycles. The van der Waals surface area contributed by atoms with Gasteiger partial charge in [0.2, 0.25) is 0 Å². The number of fused-ring (bicyclic) bond motifs is 2. The van der Waals surface area contributed by atoms with Gasteiger partial charge in [0.25, 0.3) is 0 Å². The summed E-state index contributed by atoms with van der Waals surface area (Å²) < 4.78 is 0. The van der Waals surface area contributed by atoms with Crippen LogP contribution in [0.2, 0.25) is 0 Å². The van der Waals surface area contributed by atoms with E-state index in [0.717, 1.165) is 44.9 Å². The summed E-state index contributed by atoms with van der Waals surface area (Å²) in [4.78, 5) is 0. The number of hydrogen-bond donors (Lipinski definition) is 4. The molecule has 4 nitrogen and oxygen atoms in total. The zero-order valence-electron chi connectivity index (χ0n) is 13.1. The molecule has 4 rings (SSSR count). The second-order valence-electron chi connectivity index (χ2n) is 7.42. The van der Waals surface area contributed by atoms with E-state index in [2.05, 4.69) is 12.2 Å². The maximum absolute atomic E-state index is 9.98. The first kappa shape index (κ1) is 16.2. The highest BCUT2D eigenvalue weighted by atomic mass is 16.3. The highest BCUT2D eigenvalue weighted by molar-refractivity contribution is 5.10. The van der Waals surface area contributed by atoms with Crippen molar-refractivity contribution in [2.24, 2.45) is 11.8 Å². The zero-order valence-corrected chi connectivity index (χ0v) is 13.1. The number of hydrogen-bond acceptors (Lipinski definition) is 4. The van der Waals surface area contributed by atoms with Crippen molar-refractivity contribution in [3.63, 3.8) is 0 Å². The highest BCUT2D eigenvalue weighted by Crippen LogP contribution is 2.43. The SMILES string of the molecule is O[C@@H]1CC[C@]2(O)CC=CC[C@@H]12.O[C@H]1CC[C@H]2CC=CC[C@@]21O. The van der Waals surface area contributed by atoms with Crippen LogP contribution >= 0.6 is 0 Å². The molecular formula is C18H28O4. The molecule has 0 aromatic carbocycles. The lowest BCUT2D eigenvalue weighted by molar-refractivity contribution is -0.0806. The molecule has 124 valence electrons. The smallest absolute Gasteiger partial charge is 0.0970 e. The fourth-order valence-corrected chi connectivity index (χ4v) is 4.59. The van der Waals surface area contributed by atoms with Gasteiger partial charge in [0.15, 0.2) is 0 Å². The lowest BCUT2D eigenvalue weighted by Crippen LogP contribution is -2.43. The predicted molar refractivity (Wildman–Crippen MR) is 84.1 cm³/mol. The van der Waals surface area contributed by atoms with E-state index >= 15 is 0 Å². The van der Waals surface area contributed by atoms with Crippen molar-refractivity contribution >= 4 is 0 Å². The summed E-state index contributed by atoms with van der Waals surface area (Å²) in [6.45, 7) is 0. The van der Waals surface area contributed by atoms with Gasteiger partial charge in [-0.05, 0) is 57.3 Å². The third kappa shape index (κ3) is 2.78. The molecule has 4 heteroatoms. The molecule has 2 fully saturated rings. The molecule has 0 heterocycles. The molecule has 22 heavy (non-hydrogen) atoms. The number of aliphatic hydroxyl groups excluding tert-OH is 2. The Kier molecular flexibility index (Phi) is 4.47. The van der Waals surface area contributed by atoms with Crippen LogP contribution in [0.15, 0.2) is 24.3 Å². The van der Waals surface area contributed by atoms with Gasteiger partial charge < -0.3 is 20.4 Å². The second kappa shape index (κ2) is 6.08. The van der Waals surface area contributed by atoms with Crippen LogP contribution in [0.1, 0.15) is 51.4 Å². The fraction of sp³-hybridized carbons (Fsp3) is 0.778. The van der Waals surface area contributed by atoms with E-state index in [1.165, 1.54) is 0 Å². The average Bonchev–Trinajstić information content (AvgIpc) is 2.98. The fourth-order valence-electron chi connectivity index (χ4n) is 4.59. The molecule has 0 unspecified atom stereocenters. The minimum absolute atomic E-state index is 0.104. The normalized spacial score (nSPS) is 49.3. The third-order valence-corrected chi connectivity index (χ3v) is 6.16. The van der Waals surface area contributed by atoms with Crippen molar-refractivity contribution in [1.82, 2.24) is 0 Å². The van der Waals surface area contributed by atoms with Crippen LogP contribution < -0.4 is 0 Å². The van der Waals surface area contributed by atoms with Gasteiger partial charge in [0, 0.05) is 5.92 Å². The van der Waals surface area contributed by atoms with E-state index in [4.69, 9.17) is 0 Å². The second-order valence-corrected chi connectivity index (χ2v) is 7.42. The van der Waals surface area contributed by atoms with Crippen molar-refractivity contribution in [2.75, 3.05) is 0 Å². The van der Waals surface area contributed by atoms with Crippen molar-refractivity contribution < 1.29 is 20.4 Å². The van der Waals surface area contributed by atoms with Gasteiger partial charge in [-0.15, -0.1) is 0 Å². The predicted octanol–water partition coefficient (Wildman–Crippen LogP) is 1.68. The Bertz CT molecular complexity index is 460. The van der Waals surface area contributed by atoms with Crippen LogP contribution in [0, 0.1) is 11.8 Å². The summed E-state index contributed by atoms with van der Waals surface area (Å²) in [6, 6.07) is 0. The van der Waals surface area contributed by atoms with Crippen molar-refractivity contribution in [2.45, 2.75) is 74.8 Å². The molecule has 4 aliphatic rings. The molecule has 0 radical (unpaired) electrons. The van der Waals surface area contributed by atoms with E-state index in [1.54, 1.807) is 0 Å². The Morgan fingerprint density at radius 2 is 1.55 bits per heavy atom. The minimum atomic E-state index is -0.783. The first-order valence-electron chi connectivity index (χ1n) is 8.56. The summed E-state index contributed by atoms with van der Waals surface area (Å²) in [5, 5.41) is 38.9. The van der Waals surface area contributed by atoms with Crippen LogP contribution in [0.3, 0.4) is 0 Å². The molecule has 4 N–H and O–H groups in total. The lowest BCUT2D eigenvalue weighted by Gasteiger charge is -2.33. The summed E-state index contributed by atoms with van der Waals surface area (Å²) in [7, 11) is 0. The van der Waals surface area contributed by atoms with Gasteiger partial charge in [-0.25, -0.2) is 0 Å². The topological polar surface area (TPSA) is 80.9 Å². The largest absolute Gasteiger partial charge is 0.393 e. The maximum atomic E-state index is 9.98. The molecule has 0 aromatic heterocycles. The van der Waals surface area contributed by atoms with Gasteiger partial charge in [-0.3, -0.25) is 0 Å². The van der Waals surface area contributed by atoms with Crippen LogP contribution in [0.25, 0.3) is 0 Å². The Balaban J connectivity index is 0.000000131. The lowest BCUT2D eigenvalue weighted by atomic mass is 9.80. The zero-order chi connectivity index (χ0) is 15.8. The van der Waals surface area contributed by atoms with Gasteiger partial charge in [-0.1, -0.05) is 24.3 Å². The van der Waals surface area contributed by atoms with Crippen LogP contribution in [0.5, 0.6) is 0 Å². The van der Waals surface area contributed by atoms with Gasteiger partial charge in [0.05, 0.1) is 23.4 Å². The molecule has 0 amide bonds. The monoisotopic (exact) mass is 308 g/mol. The maximum Gasteiger partial charge on any atom is 0.0970 e. The molecule has 6 atom stereocenters. The average molecular weight is 308 g/mol. The summed E-state index contributed by atoms with van der Waals surface area (Å²) in [5.74, 6) is 0.412. The Labute approximate surface area is 132 Å². The van der Waals surface area contributed by atoms with Gasteiger partial charge >= 0.3 is 0 Å². The molecule has 0 aromatic rings. The molecule has 0 saturated heterocycles. The van der Waals surface area contributed by atoms with Gasteiger partial charge in [0.1, 0.15) is 0 Å². The van der Waals surface area contributed by atoms with E-state index in [-0.39, 0.29) is 12.0 Å². The number of allylic oxidation sites excluding steroid dienone is 2. The van der Waals surface area contributed by atoms with E-state index in [9.17, 15) is 20.4 Å². The van der Waals surface area contributed by atoms with Crippen LogP contribution in [-0.2, 0) is 0 Å². The highest BCUT2D eigenvalue weighted by Gasteiger charge is 2.48. The minimum Gasteiger partial charge on any atom is -0.393 e. The summed E-state index contributed by atoms with van der Waals surface area (Å²) in [6.07, 6.45) is 13.8. The van der Waals surface area contributed by atoms with Gasteiger partial charge in [-0.2, -0.15) is 0 Å². The summed E-state index contributed by atoms with van der Waals surface area (Å²) in [5.41, 5.74) is -1.36. The Morgan fingerprint density at radius 1 is 0.818 bits per heavy atom. The van der Waals surface area contributed by atoms with Crippen LogP contribution in [0.4, 0.5) is 0 Å². The molecule has 0 spiro atoms. The third-order valence-electron chi connectivity index (χ3n) is 6.16.